The van der Waals surface area contributed by atoms with Crippen LogP contribution in [0, 0.1) is 0 Å². The minimum absolute atomic E-state index is 0.437. The SMILES string of the molecule is c1coc(CN2CCC(NC3COc4ccccc4C3)CC2)c1. The molecule has 0 radical (unpaired) electrons. The lowest BCUT2D eigenvalue weighted by Gasteiger charge is -2.35. The molecule has 122 valence electrons. The molecule has 4 nitrogen and oxygen atoms in total. The van der Waals surface area contributed by atoms with Gasteiger partial charge in [-0.15, -0.1) is 0 Å². The summed E-state index contributed by atoms with van der Waals surface area (Å²) in [5.41, 5.74) is 1.33. The molecule has 1 aromatic heterocycles. The van der Waals surface area contributed by atoms with Gasteiger partial charge in [-0.2, -0.15) is 0 Å². The maximum absolute atomic E-state index is 5.88. The van der Waals surface area contributed by atoms with Gasteiger partial charge in [-0.25, -0.2) is 0 Å². The fourth-order valence-electron chi connectivity index (χ4n) is 3.65. The molecule has 1 atom stereocenters. The number of piperidine rings is 1. The number of nitrogens with one attached hydrogen (secondary N) is 1. The fraction of sp³-hybridized carbons (Fsp3) is 0.474. The number of furan rings is 1. The first-order valence-electron chi connectivity index (χ1n) is 8.58. The molecule has 0 bridgehead atoms. The molecule has 0 saturated carbocycles. The number of fused-ring (bicyclic) bond motifs is 1. The fourth-order valence-corrected chi connectivity index (χ4v) is 3.65. The van der Waals surface area contributed by atoms with Gasteiger partial charge in [-0.3, -0.25) is 4.90 Å². The summed E-state index contributed by atoms with van der Waals surface area (Å²) in [7, 11) is 0. The van der Waals surface area contributed by atoms with E-state index < -0.39 is 0 Å². The molecule has 4 rings (SSSR count). The number of ether oxygens (including phenoxy) is 1. The Hall–Kier alpha value is -1.78. The van der Waals surface area contributed by atoms with Crippen LogP contribution in [0.2, 0.25) is 0 Å². The highest BCUT2D eigenvalue weighted by Gasteiger charge is 2.25. The lowest BCUT2D eigenvalue weighted by molar-refractivity contribution is 0.158. The first-order chi connectivity index (χ1) is 11.4. The van der Waals surface area contributed by atoms with Crippen LogP contribution in [-0.2, 0) is 13.0 Å². The summed E-state index contributed by atoms with van der Waals surface area (Å²) in [5.74, 6) is 2.12. The first kappa shape index (κ1) is 14.8. The Balaban J connectivity index is 1.25. The molecule has 1 N–H and O–H groups in total. The minimum atomic E-state index is 0.437. The molecule has 0 aliphatic carbocycles. The molecular weight excluding hydrogens is 288 g/mol. The zero-order valence-corrected chi connectivity index (χ0v) is 13.4. The summed E-state index contributed by atoms with van der Waals surface area (Å²) >= 11 is 0. The van der Waals surface area contributed by atoms with E-state index in [9.17, 15) is 0 Å². The summed E-state index contributed by atoms with van der Waals surface area (Å²) in [4.78, 5) is 2.48. The largest absolute Gasteiger partial charge is 0.492 e. The molecule has 0 amide bonds. The summed E-state index contributed by atoms with van der Waals surface area (Å²) in [6.07, 6.45) is 5.21. The predicted octanol–water partition coefficient (Wildman–Crippen LogP) is 2.84. The highest BCUT2D eigenvalue weighted by atomic mass is 16.5. The molecule has 1 saturated heterocycles. The number of hydrogen-bond donors (Lipinski definition) is 1. The average Bonchev–Trinajstić information content (AvgIpc) is 3.10. The standard InChI is InChI=1S/C19H24N2O2/c1-2-6-19-15(4-1)12-17(14-23-19)20-16-7-9-21(10-8-16)13-18-5-3-11-22-18/h1-6,11,16-17,20H,7-10,12-14H2. The Kier molecular flexibility index (Phi) is 4.35. The van der Waals surface area contributed by atoms with Crippen LogP contribution in [0.5, 0.6) is 5.75 Å². The van der Waals surface area contributed by atoms with E-state index in [1.807, 2.05) is 12.1 Å². The normalized spacial score (nSPS) is 22.5. The van der Waals surface area contributed by atoms with Gasteiger partial charge in [0.05, 0.1) is 12.8 Å². The van der Waals surface area contributed by atoms with Gasteiger partial charge in [0.1, 0.15) is 18.1 Å². The van der Waals surface area contributed by atoms with E-state index in [2.05, 4.69) is 34.5 Å². The van der Waals surface area contributed by atoms with Gasteiger partial charge in [0.25, 0.3) is 0 Å². The van der Waals surface area contributed by atoms with Crippen molar-refractivity contribution in [2.45, 2.75) is 37.9 Å². The number of likely N-dealkylation sites (tertiary alicyclic amines) is 1. The highest BCUT2D eigenvalue weighted by Crippen LogP contribution is 2.24. The van der Waals surface area contributed by atoms with E-state index in [0.29, 0.717) is 12.1 Å². The van der Waals surface area contributed by atoms with Crippen molar-refractivity contribution in [3.8, 4) is 5.75 Å². The molecule has 23 heavy (non-hydrogen) atoms. The van der Waals surface area contributed by atoms with Gasteiger partial charge in [0.2, 0.25) is 0 Å². The Morgan fingerprint density at radius 2 is 1.91 bits per heavy atom. The van der Waals surface area contributed by atoms with Crippen molar-refractivity contribution >= 4 is 0 Å². The molecular formula is C19H24N2O2. The second-order valence-corrected chi connectivity index (χ2v) is 6.62. The molecule has 2 aliphatic rings. The van der Waals surface area contributed by atoms with E-state index in [0.717, 1.165) is 44.2 Å². The molecule has 1 fully saturated rings. The lowest BCUT2D eigenvalue weighted by atomic mass is 9.99. The van der Waals surface area contributed by atoms with Crippen molar-refractivity contribution in [3.63, 3.8) is 0 Å². The summed E-state index contributed by atoms with van der Waals surface area (Å²) in [6, 6.07) is 13.4. The van der Waals surface area contributed by atoms with E-state index in [1.165, 1.54) is 18.4 Å². The van der Waals surface area contributed by atoms with E-state index >= 15 is 0 Å². The summed E-state index contributed by atoms with van der Waals surface area (Å²) in [6.45, 7) is 3.97. The molecule has 0 spiro atoms. The maximum Gasteiger partial charge on any atom is 0.122 e. The maximum atomic E-state index is 5.88. The molecule has 1 unspecified atom stereocenters. The van der Waals surface area contributed by atoms with Crippen LogP contribution < -0.4 is 10.1 Å². The Bertz CT molecular complexity index is 618. The number of para-hydroxylation sites is 1. The van der Waals surface area contributed by atoms with E-state index in [1.54, 1.807) is 6.26 Å². The van der Waals surface area contributed by atoms with Gasteiger partial charge in [0, 0.05) is 25.2 Å². The Labute approximate surface area is 137 Å². The van der Waals surface area contributed by atoms with Gasteiger partial charge in [-0.05, 0) is 43.0 Å². The second kappa shape index (κ2) is 6.77. The van der Waals surface area contributed by atoms with Crippen LogP contribution in [0.25, 0.3) is 0 Å². The first-order valence-corrected chi connectivity index (χ1v) is 8.58. The topological polar surface area (TPSA) is 37.6 Å². The third kappa shape index (κ3) is 3.59. The third-order valence-corrected chi connectivity index (χ3v) is 4.90. The van der Waals surface area contributed by atoms with Gasteiger partial charge >= 0.3 is 0 Å². The average molecular weight is 312 g/mol. The zero-order chi connectivity index (χ0) is 15.5. The number of nitrogens with zero attached hydrogens (tertiary/aromatic N) is 1. The number of hydrogen-bond acceptors (Lipinski definition) is 4. The molecule has 4 heteroatoms. The molecule has 2 aromatic rings. The Morgan fingerprint density at radius 3 is 2.74 bits per heavy atom. The van der Waals surface area contributed by atoms with Crippen LogP contribution in [0.3, 0.4) is 0 Å². The monoisotopic (exact) mass is 312 g/mol. The lowest BCUT2D eigenvalue weighted by Crippen LogP contribution is -2.49. The van der Waals surface area contributed by atoms with Crippen molar-refractivity contribution in [2.24, 2.45) is 0 Å². The van der Waals surface area contributed by atoms with Gasteiger partial charge in [0.15, 0.2) is 0 Å². The highest BCUT2D eigenvalue weighted by molar-refractivity contribution is 5.35. The smallest absolute Gasteiger partial charge is 0.122 e. The molecule has 3 heterocycles. The molecule has 2 aliphatic heterocycles. The van der Waals surface area contributed by atoms with Crippen molar-refractivity contribution in [1.29, 1.82) is 0 Å². The third-order valence-electron chi connectivity index (χ3n) is 4.90. The van der Waals surface area contributed by atoms with Crippen molar-refractivity contribution in [1.82, 2.24) is 10.2 Å². The minimum Gasteiger partial charge on any atom is -0.492 e. The van der Waals surface area contributed by atoms with Gasteiger partial charge < -0.3 is 14.5 Å². The second-order valence-electron chi connectivity index (χ2n) is 6.62. The number of benzene rings is 1. The zero-order valence-electron chi connectivity index (χ0n) is 13.4. The van der Waals surface area contributed by atoms with E-state index in [4.69, 9.17) is 9.15 Å². The van der Waals surface area contributed by atoms with Crippen molar-refractivity contribution < 1.29 is 9.15 Å². The van der Waals surface area contributed by atoms with Crippen LogP contribution in [0.15, 0.2) is 47.1 Å². The van der Waals surface area contributed by atoms with Crippen LogP contribution in [-0.4, -0.2) is 36.7 Å². The van der Waals surface area contributed by atoms with Crippen LogP contribution >= 0.6 is 0 Å². The van der Waals surface area contributed by atoms with Crippen molar-refractivity contribution in [3.05, 3.63) is 54.0 Å². The van der Waals surface area contributed by atoms with E-state index in [-0.39, 0.29) is 0 Å². The van der Waals surface area contributed by atoms with Gasteiger partial charge in [-0.1, -0.05) is 18.2 Å². The summed E-state index contributed by atoms with van der Waals surface area (Å²) in [5, 5.41) is 3.80. The van der Waals surface area contributed by atoms with Crippen molar-refractivity contribution in [2.75, 3.05) is 19.7 Å². The summed E-state index contributed by atoms with van der Waals surface area (Å²) < 4.78 is 11.3. The quantitative estimate of drug-likeness (QED) is 0.942. The predicted molar refractivity (Wildman–Crippen MR) is 89.6 cm³/mol. The Morgan fingerprint density at radius 1 is 1.04 bits per heavy atom. The van der Waals surface area contributed by atoms with Crippen LogP contribution in [0.4, 0.5) is 0 Å². The number of rotatable bonds is 4. The molecule has 1 aromatic carbocycles. The van der Waals surface area contributed by atoms with Crippen LogP contribution in [0.1, 0.15) is 24.2 Å².